The van der Waals surface area contributed by atoms with Gasteiger partial charge in [-0.2, -0.15) is 10.4 Å². The van der Waals surface area contributed by atoms with E-state index in [1.807, 2.05) is 24.1 Å². The zero-order valence-electron chi connectivity index (χ0n) is 9.44. The Morgan fingerprint density at radius 2 is 2.13 bits per heavy atom. The highest BCUT2D eigenvalue weighted by molar-refractivity contribution is 5.36. The first-order valence-corrected chi connectivity index (χ1v) is 5.07. The number of hydrogen-bond donors (Lipinski definition) is 0. The topological polar surface area (TPSA) is 52.8 Å². The maximum absolute atomic E-state index is 8.47. The molecule has 0 bridgehead atoms. The van der Waals surface area contributed by atoms with Crippen molar-refractivity contribution in [3.8, 4) is 6.07 Å². The standard InChI is InChI=1S/C11H16N4/c1-9(2)10-5-6-11(14-13-10)15(3)8-4-7-12/h5-6,9H,4,8H2,1-3H3. The molecule has 15 heavy (non-hydrogen) atoms. The predicted molar refractivity (Wildman–Crippen MR) is 59.6 cm³/mol. The van der Waals surface area contributed by atoms with Gasteiger partial charge in [0.25, 0.3) is 0 Å². The van der Waals surface area contributed by atoms with Crippen LogP contribution in [0.5, 0.6) is 0 Å². The smallest absolute Gasteiger partial charge is 0.151 e. The Balaban J connectivity index is 2.67. The highest BCUT2D eigenvalue weighted by Gasteiger charge is 2.05. The molecule has 0 atom stereocenters. The highest BCUT2D eigenvalue weighted by Crippen LogP contribution is 2.13. The molecule has 0 saturated carbocycles. The number of nitriles is 1. The predicted octanol–water partition coefficient (Wildman–Crippen LogP) is 1.95. The number of anilines is 1. The van der Waals surface area contributed by atoms with Crippen molar-refractivity contribution in [2.45, 2.75) is 26.2 Å². The normalized spacial score (nSPS) is 10.1. The molecule has 0 unspecified atom stereocenters. The summed E-state index contributed by atoms with van der Waals surface area (Å²) in [5.41, 5.74) is 0.993. The molecule has 0 aliphatic carbocycles. The summed E-state index contributed by atoms with van der Waals surface area (Å²) in [5, 5.41) is 16.7. The molecule has 1 aromatic heterocycles. The second kappa shape index (κ2) is 5.30. The van der Waals surface area contributed by atoms with Crippen LogP contribution in [0.1, 0.15) is 31.9 Å². The Bertz CT molecular complexity index is 337. The van der Waals surface area contributed by atoms with Gasteiger partial charge in [-0.05, 0) is 18.1 Å². The lowest BCUT2D eigenvalue weighted by Gasteiger charge is -2.15. The Morgan fingerprint density at radius 1 is 1.40 bits per heavy atom. The summed E-state index contributed by atoms with van der Waals surface area (Å²) in [4.78, 5) is 1.93. The van der Waals surface area contributed by atoms with Crippen molar-refractivity contribution in [1.29, 1.82) is 5.26 Å². The van der Waals surface area contributed by atoms with Gasteiger partial charge in [0.1, 0.15) is 0 Å². The number of hydrogen-bond acceptors (Lipinski definition) is 4. The van der Waals surface area contributed by atoms with Crippen LogP contribution in [-0.4, -0.2) is 23.8 Å². The first-order valence-electron chi connectivity index (χ1n) is 5.07. The monoisotopic (exact) mass is 204 g/mol. The summed E-state index contributed by atoms with van der Waals surface area (Å²) in [6.07, 6.45) is 0.504. The van der Waals surface area contributed by atoms with Crippen molar-refractivity contribution >= 4 is 5.82 Å². The first-order chi connectivity index (χ1) is 7.15. The zero-order chi connectivity index (χ0) is 11.3. The molecule has 80 valence electrons. The number of aromatic nitrogens is 2. The van der Waals surface area contributed by atoms with E-state index < -0.39 is 0 Å². The fraction of sp³-hybridized carbons (Fsp3) is 0.545. The summed E-state index contributed by atoms with van der Waals surface area (Å²) in [5.74, 6) is 1.21. The first kappa shape index (κ1) is 11.4. The molecule has 1 rings (SSSR count). The fourth-order valence-electron chi connectivity index (χ4n) is 1.18. The molecule has 4 nitrogen and oxygen atoms in total. The van der Waals surface area contributed by atoms with E-state index in [1.165, 1.54) is 0 Å². The van der Waals surface area contributed by atoms with E-state index in [9.17, 15) is 0 Å². The third kappa shape index (κ3) is 3.21. The molecule has 0 aliphatic heterocycles. The van der Waals surface area contributed by atoms with Crippen molar-refractivity contribution in [3.05, 3.63) is 17.8 Å². The van der Waals surface area contributed by atoms with Gasteiger partial charge in [-0.1, -0.05) is 13.8 Å². The molecular formula is C11H16N4. The van der Waals surface area contributed by atoms with E-state index >= 15 is 0 Å². The summed E-state index contributed by atoms with van der Waals surface area (Å²) in [6, 6.07) is 6.03. The second-order valence-electron chi connectivity index (χ2n) is 3.80. The molecule has 0 radical (unpaired) electrons. The molecule has 4 heteroatoms. The minimum Gasteiger partial charge on any atom is -0.357 e. The molecule has 0 aromatic carbocycles. The molecule has 1 aromatic rings. The van der Waals surface area contributed by atoms with E-state index in [4.69, 9.17) is 5.26 Å². The molecule has 0 amide bonds. The molecule has 0 aliphatic rings. The van der Waals surface area contributed by atoms with Gasteiger partial charge in [-0.15, -0.1) is 5.10 Å². The number of nitrogens with zero attached hydrogens (tertiary/aromatic N) is 4. The maximum Gasteiger partial charge on any atom is 0.151 e. The molecule has 0 fully saturated rings. The van der Waals surface area contributed by atoms with Gasteiger partial charge in [0, 0.05) is 13.6 Å². The number of rotatable bonds is 4. The lowest BCUT2D eigenvalue weighted by Crippen LogP contribution is -2.19. The van der Waals surface area contributed by atoms with Gasteiger partial charge in [0.2, 0.25) is 0 Å². The Morgan fingerprint density at radius 3 is 2.60 bits per heavy atom. The van der Waals surface area contributed by atoms with E-state index in [0.717, 1.165) is 11.5 Å². The van der Waals surface area contributed by atoms with Gasteiger partial charge in [-0.3, -0.25) is 0 Å². The Kier molecular flexibility index (Phi) is 4.04. The highest BCUT2D eigenvalue weighted by atomic mass is 15.2. The summed E-state index contributed by atoms with van der Waals surface area (Å²) < 4.78 is 0. The average Bonchev–Trinajstić information content (AvgIpc) is 2.26. The third-order valence-corrected chi connectivity index (χ3v) is 2.21. The molecule has 0 N–H and O–H groups in total. The molecule has 0 spiro atoms. The SMILES string of the molecule is CC(C)c1ccc(N(C)CCC#N)nn1. The lowest BCUT2D eigenvalue weighted by atomic mass is 10.1. The Labute approximate surface area is 90.5 Å². The van der Waals surface area contributed by atoms with Crippen LogP contribution in [0.25, 0.3) is 0 Å². The lowest BCUT2D eigenvalue weighted by molar-refractivity contribution is 0.771. The van der Waals surface area contributed by atoms with Crippen molar-refractivity contribution in [2.75, 3.05) is 18.5 Å². The zero-order valence-corrected chi connectivity index (χ0v) is 9.44. The molecule has 1 heterocycles. The van der Waals surface area contributed by atoms with Gasteiger partial charge < -0.3 is 4.90 Å². The van der Waals surface area contributed by atoms with Crippen LogP contribution in [0.15, 0.2) is 12.1 Å². The quantitative estimate of drug-likeness (QED) is 0.752. The van der Waals surface area contributed by atoms with Crippen LogP contribution in [-0.2, 0) is 0 Å². The van der Waals surface area contributed by atoms with Crippen molar-refractivity contribution < 1.29 is 0 Å². The van der Waals surface area contributed by atoms with Crippen LogP contribution >= 0.6 is 0 Å². The third-order valence-electron chi connectivity index (χ3n) is 2.21. The van der Waals surface area contributed by atoms with E-state index in [2.05, 4.69) is 30.1 Å². The van der Waals surface area contributed by atoms with E-state index in [0.29, 0.717) is 18.9 Å². The van der Waals surface area contributed by atoms with Crippen LogP contribution in [0, 0.1) is 11.3 Å². The largest absolute Gasteiger partial charge is 0.357 e. The van der Waals surface area contributed by atoms with Crippen LogP contribution < -0.4 is 4.90 Å². The van der Waals surface area contributed by atoms with Crippen LogP contribution in [0.3, 0.4) is 0 Å². The summed E-state index contributed by atoms with van der Waals surface area (Å²) in [6.45, 7) is 4.86. The fourth-order valence-corrected chi connectivity index (χ4v) is 1.18. The van der Waals surface area contributed by atoms with Crippen molar-refractivity contribution in [3.63, 3.8) is 0 Å². The van der Waals surface area contributed by atoms with Gasteiger partial charge in [0.05, 0.1) is 18.2 Å². The van der Waals surface area contributed by atoms with Gasteiger partial charge in [-0.25, -0.2) is 0 Å². The van der Waals surface area contributed by atoms with Gasteiger partial charge >= 0.3 is 0 Å². The Hall–Kier alpha value is -1.63. The van der Waals surface area contributed by atoms with Crippen LogP contribution in [0.2, 0.25) is 0 Å². The van der Waals surface area contributed by atoms with Gasteiger partial charge in [0.15, 0.2) is 5.82 Å². The van der Waals surface area contributed by atoms with Crippen molar-refractivity contribution in [1.82, 2.24) is 10.2 Å². The minimum absolute atomic E-state index is 0.399. The molecule has 0 saturated heterocycles. The molecular weight excluding hydrogens is 188 g/mol. The van der Waals surface area contributed by atoms with Crippen LogP contribution in [0.4, 0.5) is 5.82 Å². The minimum atomic E-state index is 0.399. The summed E-state index contributed by atoms with van der Waals surface area (Å²) in [7, 11) is 1.91. The van der Waals surface area contributed by atoms with E-state index in [-0.39, 0.29) is 0 Å². The maximum atomic E-state index is 8.47. The van der Waals surface area contributed by atoms with Crippen molar-refractivity contribution in [2.24, 2.45) is 0 Å². The summed E-state index contributed by atoms with van der Waals surface area (Å²) >= 11 is 0. The average molecular weight is 204 g/mol. The van der Waals surface area contributed by atoms with E-state index in [1.54, 1.807) is 0 Å². The second-order valence-corrected chi connectivity index (χ2v) is 3.80.